The highest BCUT2D eigenvalue weighted by atomic mass is 32.2. The number of thioether (sulfide) groups is 1. The maximum atomic E-state index is 11.6. The Hall–Kier alpha value is -1.00. The van der Waals surface area contributed by atoms with Crippen molar-refractivity contribution in [3.05, 3.63) is 29.8 Å². The Bertz CT molecular complexity index is 436. The summed E-state index contributed by atoms with van der Waals surface area (Å²) in [6, 6.07) is 8.49. The molecule has 0 spiro atoms. The molecule has 0 aliphatic carbocycles. The molecule has 0 bridgehead atoms. The Balaban J connectivity index is 2.39. The Labute approximate surface area is 126 Å². The lowest BCUT2D eigenvalue weighted by atomic mass is 9.95. The summed E-state index contributed by atoms with van der Waals surface area (Å²) in [5.74, 6) is 0.742. The molecule has 0 aromatic heterocycles. The Kier molecular flexibility index (Phi) is 7.10. The van der Waals surface area contributed by atoms with E-state index in [0.717, 1.165) is 31.6 Å². The Morgan fingerprint density at radius 3 is 2.80 bits per heavy atom. The summed E-state index contributed by atoms with van der Waals surface area (Å²) in [5.41, 5.74) is 6.22. The van der Waals surface area contributed by atoms with Crippen LogP contribution in [0.3, 0.4) is 0 Å². The second-order valence-corrected chi connectivity index (χ2v) is 6.56. The lowest BCUT2D eigenvalue weighted by Crippen LogP contribution is -2.53. The summed E-state index contributed by atoms with van der Waals surface area (Å²) in [7, 11) is 0. The monoisotopic (exact) mass is 294 g/mol. The summed E-state index contributed by atoms with van der Waals surface area (Å²) in [5, 5.41) is 3.27. The van der Waals surface area contributed by atoms with Gasteiger partial charge in [0, 0.05) is 4.90 Å². The standard InChI is InChI=1S/C16H26N2OS/c1-4-10-18-16(3,15(17)19)9-6-11-20-14-8-5-7-13(2)12-14/h5,7-8,12,18H,4,6,9-11H2,1-3H3,(H2,17,19). The van der Waals surface area contributed by atoms with Gasteiger partial charge >= 0.3 is 0 Å². The summed E-state index contributed by atoms with van der Waals surface area (Å²) in [6.45, 7) is 6.91. The van der Waals surface area contributed by atoms with E-state index in [1.54, 1.807) is 0 Å². The van der Waals surface area contributed by atoms with Gasteiger partial charge < -0.3 is 11.1 Å². The highest BCUT2D eigenvalue weighted by molar-refractivity contribution is 7.99. The zero-order chi connectivity index (χ0) is 15.0. The molecule has 1 aromatic rings. The van der Waals surface area contributed by atoms with Gasteiger partial charge in [0.1, 0.15) is 0 Å². The van der Waals surface area contributed by atoms with Crippen molar-refractivity contribution < 1.29 is 4.79 Å². The zero-order valence-electron chi connectivity index (χ0n) is 12.7. The van der Waals surface area contributed by atoms with E-state index in [2.05, 4.69) is 43.4 Å². The number of hydrogen-bond donors (Lipinski definition) is 2. The normalized spacial score (nSPS) is 13.9. The van der Waals surface area contributed by atoms with E-state index >= 15 is 0 Å². The summed E-state index contributed by atoms with van der Waals surface area (Å²) >= 11 is 1.83. The Morgan fingerprint density at radius 1 is 1.45 bits per heavy atom. The molecule has 112 valence electrons. The first kappa shape index (κ1) is 17.1. The third kappa shape index (κ3) is 5.55. The molecule has 1 amide bonds. The lowest BCUT2D eigenvalue weighted by molar-refractivity contribution is -0.124. The molecule has 20 heavy (non-hydrogen) atoms. The van der Waals surface area contributed by atoms with Crippen molar-refractivity contribution in [3.63, 3.8) is 0 Å². The van der Waals surface area contributed by atoms with Crippen LogP contribution < -0.4 is 11.1 Å². The number of benzene rings is 1. The number of amides is 1. The molecule has 3 nitrogen and oxygen atoms in total. The van der Waals surface area contributed by atoms with Gasteiger partial charge in [-0.25, -0.2) is 0 Å². The fourth-order valence-corrected chi connectivity index (χ4v) is 2.99. The topological polar surface area (TPSA) is 55.1 Å². The van der Waals surface area contributed by atoms with Crippen LogP contribution >= 0.6 is 11.8 Å². The molecule has 0 saturated heterocycles. The Morgan fingerprint density at radius 2 is 2.20 bits per heavy atom. The SMILES string of the molecule is CCCNC(C)(CCCSc1cccc(C)c1)C(N)=O. The predicted octanol–water partition coefficient (Wildman–Crippen LogP) is 3.11. The number of aryl methyl sites for hydroxylation is 1. The van der Waals surface area contributed by atoms with Crippen molar-refractivity contribution in [2.45, 2.75) is 50.5 Å². The van der Waals surface area contributed by atoms with E-state index in [4.69, 9.17) is 5.73 Å². The predicted molar refractivity (Wildman–Crippen MR) is 87.0 cm³/mol. The molecular weight excluding hydrogens is 268 g/mol. The van der Waals surface area contributed by atoms with Crippen LogP contribution in [0.4, 0.5) is 0 Å². The number of primary amides is 1. The molecule has 0 fully saturated rings. The van der Waals surface area contributed by atoms with Gasteiger partial charge in [-0.3, -0.25) is 4.79 Å². The van der Waals surface area contributed by atoms with Crippen molar-refractivity contribution in [2.24, 2.45) is 5.73 Å². The quantitative estimate of drug-likeness (QED) is 0.543. The molecule has 1 rings (SSSR count). The van der Waals surface area contributed by atoms with E-state index in [9.17, 15) is 4.79 Å². The summed E-state index contributed by atoms with van der Waals surface area (Å²) in [6.07, 6.45) is 2.75. The zero-order valence-corrected chi connectivity index (χ0v) is 13.6. The minimum Gasteiger partial charge on any atom is -0.368 e. The second-order valence-electron chi connectivity index (χ2n) is 5.39. The fourth-order valence-electron chi connectivity index (χ4n) is 2.02. The molecule has 4 heteroatoms. The maximum absolute atomic E-state index is 11.6. The highest BCUT2D eigenvalue weighted by Crippen LogP contribution is 2.22. The summed E-state index contributed by atoms with van der Waals surface area (Å²) < 4.78 is 0. The van der Waals surface area contributed by atoms with Crippen molar-refractivity contribution in [1.29, 1.82) is 0 Å². The van der Waals surface area contributed by atoms with Gasteiger partial charge in [0.2, 0.25) is 5.91 Å². The second kappa shape index (κ2) is 8.32. The third-order valence-corrected chi connectivity index (χ3v) is 4.47. The number of nitrogens with one attached hydrogen (secondary N) is 1. The molecule has 3 N–H and O–H groups in total. The van der Waals surface area contributed by atoms with Crippen LogP contribution in [0.2, 0.25) is 0 Å². The molecule has 1 atom stereocenters. The van der Waals surface area contributed by atoms with Gasteiger partial charge in [-0.15, -0.1) is 11.8 Å². The third-order valence-electron chi connectivity index (χ3n) is 3.39. The van der Waals surface area contributed by atoms with Crippen LogP contribution in [0, 0.1) is 6.92 Å². The molecule has 1 unspecified atom stereocenters. The first-order valence-corrected chi connectivity index (χ1v) is 8.21. The molecular formula is C16H26N2OS. The van der Waals surface area contributed by atoms with Gasteiger partial charge in [-0.05, 0) is 57.5 Å². The van der Waals surface area contributed by atoms with Crippen LogP contribution in [0.5, 0.6) is 0 Å². The molecule has 0 aliphatic heterocycles. The van der Waals surface area contributed by atoms with Gasteiger partial charge in [0.25, 0.3) is 0 Å². The molecule has 0 saturated carbocycles. The summed E-state index contributed by atoms with van der Waals surface area (Å²) in [4.78, 5) is 12.9. The molecule has 1 aromatic carbocycles. The minimum atomic E-state index is -0.580. The maximum Gasteiger partial charge on any atom is 0.237 e. The number of carbonyl (C=O) groups is 1. The number of rotatable bonds is 9. The van der Waals surface area contributed by atoms with Crippen molar-refractivity contribution in [2.75, 3.05) is 12.3 Å². The largest absolute Gasteiger partial charge is 0.368 e. The molecule has 0 radical (unpaired) electrons. The molecule has 0 heterocycles. The van der Waals surface area contributed by atoms with Gasteiger partial charge in [-0.2, -0.15) is 0 Å². The number of nitrogens with two attached hydrogens (primary N) is 1. The number of carbonyl (C=O) groups excluding carboxylic acids is 1. The van der Waals surface area contributed by atoms with E-state index in [-0.39, 0.29) is 5.91 Å². The van der Waals surface area contributed by atoms with Gasteiger partial charge in [-0.1, -0.05) is 24.6 Å². The minimum absolute atomic E-state index is 0.258. The fraction of sp³-hybridized carbons (Fsp3) is 0.562. The average molecular weight is 294 g/mol. The van der Waals surface area contributed by atoms with E-state index in [1.165, 1.54) is 10.5 Å². The lowest BCUT2D eigenvalue weighted by Gasteiger charge is -2.27. The van der Waals surface area contributed by atoms with Crippen molar-refractivity contribution in [3.8, 4) is 0 Å². The number of hydrogen-bond acceptors (Lipinski definition) is 3. The van der Waals surface area contributed by atoms with E-state index in [1.807, 2.05) is 18.7 Å². The first-order valence-electron chi connectivity index (χ1n) is 7.22. The first-order chi connectivity index (χ1) is 9.48. The van der Waals surface area contributed by atoms with Crippen LogP contribution in [0.15, 0.2) is 29.2 Å². The van der Waals surface area contributed by atoms with Gasteiger partial charge in [0.15, 0.2) is 0 Å². The van der Waals surface area contributed by atoms with E-state index in [0.29, 0.717) is 0 Å². The molecule has 0 aliphatic rings. The van der Waals surface area contributed by atoms with E-state index < -0.39 is 5.54 Å². The van der Waals surface area contributed by atoms with Crippen molar-refractivity contribution >= 4 is 17.7 Å². The van der Waals surface area contributed by atoms with Crippen molar-refractivity contribution in [1.82, 2.24) is 5.32 Å². The van der Waals surface area contributed by atoms with Crippen LogP contribution in [-0.4, -0.2) is 23.7 Å². The van der Waals surface area contributed by atoms with Crippen LogP contribution in [-0.2, 0) is 4.79 Å². The van der Waals surface area contributed by atoms with Crippen LogP contribution in [0.25, 0.3) is 0 Å². The van der Waals surface area contributed by atoms with Gasteiger partial charge in [0.05, 0.1) is 5.54 Å². The highest BCUT2D eigenvalue weighted by Gasteiger charge is 2.29. The average Bonchev–Trinajstić information content (AvgIpc) is 2.41. The smallest absolute Gasteiger partial charge is 0.237 e. The van der Waals surface area contributed by atoms with Crippen LogP contribution in [0.1, 0.15) is 38.7 Å².